The molecule has 3 aromatic rings. The fraction of sp³-hybridized carbons (Fsp3) is 0.105. The Morgan fingerprint density at radius 3 is 2.35 bits per heavy atom. The van der Waals surface area contributed by atoms with E-state index in [0.717, 1.165) is 28.3 Å². The lowest BCUT2D eigenvalue weighted by atomic mass is 10.1. The zero-order valence-electron chi connectivity index (χ0n) is 14.2. The van der Waals surface area contributed by atoms with Crippen LogP contribution in [0.1, 0.15) is 5.56 Å². The second-order valence-corrected chi connectivity index (χ2v) is 5.93. The molecule has 132 valence electrons. The highest BCUT2D eigenvalue weighted by Gasteiger charge is 2.09. The number of nitrogens with one attached hydrogen (secondary N) is 2. The second kappa shape index (κ2) is 7.10. The topological polar surface area (TPSA) is 119 Å². The quantitative estimate of drug-likeness (QED) is 0.403. The summed E-state index contributed by atoms with van der Waals surface area (Å²) in [4.78, 5) is 20.1. The van der Waals surface area contributed by atoms with Crippen LogP contribution in [-0.2, 0) is 4.79 Å². The highest BCUT2D eigenvalue weighted by Crippen LogP contribution is 2.24. The molecule has 26 heavy (non-hydrogen) atoms. The molecule has 1 heterocycles. The van der Waals surface area contributed by atoms with E-state index in [1.54, 1.807) is 30.3 Å². The van der Waals surface area contributed by atoms with Crippen LogP contribution < -0.4 is 10.6 Å². The summed E-state index contributed by atoms with van der Waals surface area (Å²) in [5.74, 6) is -0.110. The van der Waals surface area contributed by atoms with Gasteiger partial charge in [-0.1, -0.05) is 24.3 Å². The van der Waals surface area contributed by atoms with Crippen LogP contribution in [0.3, 0.4) is 0 Å². The van der Waals surface area contributed by atoms with Crippen molar-refractivity contribution in [2.24, 2.45) is 5.73 Å². The van der Waals surface area contributed by atoms with Crippen LogP contribution in [0.2, 0.25) is 0 Å². The van der Waals surface area contributed by atoms with Gasteiger partial charge in [0.05, 0.1) is 11.9 Å². The first kappa shape index (κ1) is 17.2. The molecule has 5 N–H and O–H groups in total. The minimum absolute atomic E-state index is 0.0369. The predicted octanol–water partition coefficient (Wildman–Crippen LogP) is 2.55. The Kier molecular flexibility index (Phi) is 4.70. The molecule has 3 rings (SSSR count). The number of likely N-dealkylation sites (N-methyl/N-ethyl adjacent to an activating group) is 1. The number of imidazole rings is 1. The van der Waals surface area contributed by atoms with Crippen molar-refractivity contribution in [2.45, 2.75) is 0 Å². The van der Waals surface area contributed by atoms with Gasteiger partial charge in [0.15, 0.2) is 0 Å². The first-order valence-corrected chi connectivity index (χ1v) is 7.97. The van der Waals surface area contributed by atoms with Crippen LogP contribution in [0.5, 0.6) is 0 Å². The molecule has 0 bridgehead atoms. The zero-order chi connectivity index (χ0) is 18.7. The molecule has 0 aliphatic heterocycles. The SMILES string of the molecule is CN(CC(=O)O)c1ccc(-c2ncc(-c3ccc(C(=N)N)cc3)[nH]2)cc1. The molecule has 1 aromatic heterocycles. The molecule has 0 aliphatic carbocycles. The number of H-pyrrole nitrogens is 1. The van der Waals surface area contributed by atoms with Crippen LogP contribution in [0.25, 0.3) is 22.6 Å². The minimum atomic E-state index is -0.872. The lowest BCUT2D eigenvalue weighted by Gasteiger charge is -2.16. The lowest BCUT2D eigenvalue weighted by Crippen LogP contribution is -2.24. The summed E-state index contributed by atoms with van der Waals surface area (Å²) in [6.45, 7) is -0.0551. The fourth-order valence-corrected chi connectivity index (χ4v) is 2.61. The number of benzene rings is 2. The highest BCUT2D eigenvalue weighted by atomic mass is 16.4. The summed E-state index contributed by atoms with van der Waals surface area (Å²) in [7, 11) is 1.73. The number of carboxylic acids is 1. The Hall–Kier alpha value is -3.61. The van der Waals surface area contributed by atoms with Gasteiger partial charge >= 0.3 is 5.97 Å². The van der Waals surface area contributed by atoms with Crippen LogP contribution in [0.15, 0.2) is 54.7 Å². The zero-order valence-corrected chi connectivity index (χ0v) is 14.2. The van der Waals surface area contributed by atoms with E-state index in [0.29, 0.717) is 5.56 Å². The van der Waals surface area contributed by atoms with Gasteiger partial charge in [-0.15, -0.1) is 0 Å². The number of aliphatic carboxylic acids is 1. The first-order valence-electron chi connectivity index (χ1n) is 7.97. The number of rotatable bonds is 6. The molecular formula is C19H19N5O2. The van der Waals surface area contributed by atoms with Crippen LogP contribution in [-0.4, -0.2) is 40.5 Å². The molecule has 0 atom stereocenters. The van der Waals surface area contributed by atoms with E-state index < -0.39 is 5.97 Å². The van der Waals surface area contributed by atoms with Crippen molar-refractivity contribution in [3.05, 3.63) is 60.3 Å². The summed E-state index contributed by atoms with van der Waals surface area (Å²) in [5, 5.41) is 16.3. The van der Waals surface area contributed by atoms with Crippen LogP contribution in [0.4, 0.5) is 5.69 Å². The minimum Gasteiger partial charge on any atom is -0.480 e. The first-order chi connectivity index (χ1) is 12.4. The van der Waals surface area contributed by atoms with E-state index in [9.17, 15) is 4.79 Å². The van der Waals surface area contributed by atoms with Crippen LogP contribution in [0, 0.1) is 5.41 Å². The van der Waals surface area contributed by atoms with Gasteiger partial charge in [0.25, 0.3) is 0 Å². The molecule has 0 fully saturated rings. The van der Waals surface area contributed by atoms with Crippen LogP contribution >= 0.6 is 0 Å². The number of amidine groups is 1. The highest BCUT2D eigenvalue weighted by molar-refractivity contribution is 5.95. The number of carbonyl (C=O) groups is 1. The fourth-order valence-electron chi connectivity index (χ4n) is 2.61. The van der Waals surface area contributed by atoms with Crippen molar-refractivity contribution in [2.75, 3.05) is 18.5 Å². The van der Waals surface area contributed by atoms with Crippen molar-refractivity contribution < 1.29 is 9.90 Å². The van der Waals surface area contributed by atoms with E-state index in [2.05, 4.69) is 9.97 Å². The normalized spacial score (nSPS) is 10.5. The molecule has 0 saturated heterocycles. The smallest absolute Gasteiger partial charge is 0.323 e. The third-order valence-electron chi connectivity index (χ3n) is 4.04. The van der Waals surface area contributed by atoms with E-state index in [4.69, 9.17) is 16.2 Å². The largest absolute Gasteiger partial charge is 0.480 e. The molecule has 7 nitrogen and oxygen atoms in total. The number of nitrogens with two attached hydrogens (primary N) is 1. The third-order valence-corrected chi connectivity index (χ3v) is 4.04. The predicted molar refractivity (Wildman–Crippen MR) is 101 cm³/mol. The Morgan fingerprint density at radius 1 is 1.15 bits per heavy atom. The molecule has 0 amide bonds. The van der Waals surface area contributed by atoms with Gasteiger partial charge in [-0.2, -0.15) is 0 Å². The number of hydrogen-bond donors (Lipinski definition) is 4. The maximum atomic E-state index is 10.8. The molecule has 2 aromatic carbocycles. The van der Waals surface area contributed by atoms with Crippen molar-refractivity contribution in [1.82, 2.24) is 9.97 Å². The van der Waals surface area contributed by atoms with Gasteiger partial charge in [-0.05, 0) is 29.8 Å². The van der Waals surface area contributed by atoms with E-state index in [-0.39, 0.29) is 12.4 Å². The Labute approximate surface area is 150 Å². The molecule has 0 aliphatic rings. The lowest BCUT2D eigenvalue weighted by molar-refractivity contribution is -0.135. The summed E-state index contributed by atoms with van der Waals surface area (Å²) in [6, 6.07) is 14.9. The van der Waals surface area contributed by atoms with Gasteiger partial charge in [0.2, 0.25) is 0 Å². The van der Waals surface area contributed by atoms with Gasteiger partial charge in [-0.3, -0.25) is 10.2 Å². The second-order valence-electron chi connectivity index (χ2n) is 5.93. The van der Waals surface area contributed by atoms with Crippen molar-refractivity contribution in [1.29, 1.82) is 5.41 Å². The molecule has 0 spiro atoms. The van der Waals surface area contributed by atoms with Crippen molar-refractivity contribution >= 4 is 17.5 Å². The number of aromatic amines is 1. The number of carboxylic acid groups (broad SMARTS) is 1. The van der Waals surface area contributed by atoms with Gasteiger partial charge in [-0.25, -0.2) is 4.98 Å². The number of nitrogens with zero attached hydrogens (tertiary/aromatic N) is 2. The van der Waals surface area contributed by atoms with Crippen molar-refractivity contribution in [3.63, 3.8) is 0 Å². The van der Waals surface area contributed by atoms with Gasteiger partial charge < -0.3 is 20.7 Å². The average molecular weight is 349 g/mol. The molecule has 0 radical (unpaired) electrons. The maximum absolute atomic E-state index is 10.8. The van der Waals surface area contributed by atoms with E-state index in [1.807, 2.05) is 36.4 Å². The monoisotopic (exact) mass is 349 g/mol. The number of anilines is 1. The summed E-state index contributed by atoms with van der Waals surface area (Å²) >= 11 is 0. The standard InChI is InChI=1S/C19H19N5O2/c1-24(11-17(25)26)15-8-6-14(7-9-15)19-22-10-16(23-19)12-2-4-13(5-3-12)18(20)21/h2-10H,11H2,1H3,(H3,20,21)(H,22,23)(H,25,26). The maximum Gasteiger partial charge on any atom is 0.323 e. The van der Waals surface area contributed by atoms with E-state index >= 15 is 0 Å². The molecular weight excluding hydrogens is 330 g/mol. The summed E-state index contributed by atoms with van der Waals surface area (Å²) in [6.07, 6.45) is 1.75. The Morgan fingerprint density at radius 2 is 1.77 bits per heavy atom. The van der Waals surface area contributed by atoms with Gasteiger partial charge in [0.1, 0.15) is 18.2 Å². The number of aromatic nitrogens is 2. The molecule has 7 heteroatoms. The number of nitrogen functional groups attached to an aromatic ring is 1. The third kappa shape index (κ3) is 3.72. The summed E-state index contributed by atoms with van der Waals surface area (Å²) in [5.41, 5.74) is 9.69. The average Bonchev–Trinajstić information content (AvgIpc) is 3.11. The van der Waals surface area contributed by atoms with Crippen molar-refractivity contribution in [3.8, 4) is 22.6 Å². The summed E-state index contributed by atoms with van der Waals surface area (Å²) < 4.78 is 0. The van der Waals surface area contributed by atoms with Gasteiger partial charge in [0, 0.05) is 23.9 Å². The Bertz CT molecular complexity index is 929. The molecule has 0 saturated carbocycles. The molecule has 0 unspecified atom stereocenters. The number of hydrogen-bond acceptors (Lipinski definition) is 4. The Balaban J connectivity index is 1.79. The van der Waals surface area contributed by atoms with E-state index in [1.165, 1.54) is 0 Å².